The molecule has 1 N–H and O–H groups in total. The summed E-state index contributed by atoms with van der Waals surface area (Å²) >= 11 is 0. The van der Waals surface area contributed by atoms with Crippen LogP contribution in [0.3, 0.4) is 0 Å². The average Bonchev–Trinajstić information content (AvgIpc) is 3.33. The number of aromatic nitrogens is 4. The van der Waals surface area contributed by atoms with E-state index >= 15 is 0 Å². The van der Waals surface area contributed by atoms with Gasteiger partial charge in [-0.1, -0.05) is 60.7 Å². The molecule has 1 saturated heterocycles. The molecule has 0 aliphatic carbocycles. The van der Waals surface area contributed by atoms with Crippen molar-refractivity contribution in [3.63, 3.8) is 0 Å². The van der Waals surface area contributed by atoms with Gasteiger partial charge in [-0.2, -0.15) is 0 Å². The Kier molecular flexibility index (Phi) is 6.81. The number of benzene rings is 2. The third-order valence-corrected chi connectivity index (χ3v) is 6.79. The Labute approximate surface area is 207 Å². The lowest BCUT2D eigenvalue weighted by atomic mass is 9.99. The van der Waals surface area contributed by atoms with Crippen LogP contribution in [0.4, 0.5) is 0 Å². The average molecular weight is 488 g/mol. The first kappa shape index (κ1) is 23.7. The monoisotopic (exact) mass is 487 g/mol. The Morgan fingerprint density at radius 3 is 2.28 bits per heavy atom. The molecule has 1 atom stereocenters. The van der Waals surface area contributed by atoms with Crippen molar-refractivity contribution >= 4 is 17.1 Å². The van der Waals surface area contributed by atoms with E-state index in [0.29, 0.717) is 25.3 Å². The second-order valence-electron chi connectivity index (χ2n) is 9.31. The summed E-state index contributed by atoms with van der Waals surface area (Å²) in [5.41, 5.74) is 1.36. The lowest BCUT2D eigenvalue weighted by Gasteiger charge is -2.32. The highest BCUT2D eigenvalue weighted by molar-refractivity contribution is 5.77. The first-order chi connectivity index (χ1) is 17.5. The number of fused-ring (bicyclic) bond motifs is 1. The number of piperidine rings is 1. The second-order valence-corrected chi connectivity index (χ2v) is 9.31. The number of likely N-dealkylation sites (tertiary alicyclic amines) is 1. The molecule has 1 fully saturated rings. The van der Waals surface area contributed by atoms with Gasteiger partial charge >= 0.3 is 5.69 Å². The summed E-state index contributed by atoms with van der Waals surface area (Å²) in [4.78, 5) is 46.5. The van der Waals surface area contributed by atoms with Crippen LogP contribution in [0.5, 0.6) is 0 Å². The molecule has 1 aliphatic rings. The Balaban J connectivity index is 1.59. The minimum atomic E-state index is -0.564. The molecular formula is C27H29N5O4. The quantitative estimate of drug-likeness (QED) is 0.427. The molecule has 5 rings (SSSR count). The number of imidazole rings is 1. The van der Waals surface area contributed by atoms with E-state index in [9.17, 15) is 19.5 Å². The van der Waals surface area contributed by atoms with Gasteiger partial charge in [-0.25, -0.2) is 14.3 Å². The standard InChI is InChI=1S/C27H29N5O4/c33-18-22-12-7-13-29(15-22)23(34)17-32-26(35)24-25(28-19-30(24)14-20-8-3-1-4-9-20)31(27(32)36)16-21-10-5-2-6-11-21/h1-6,8-11,19,22,33H,7,12-18H2. The number of hydrogen-bond acceptors (Lipinski definition) is 5. The molecular weight excluding hydrogens is 458 g/mol. The van der Waals surface area contributed by atoms with Crippen molar-refractivity contribution in [3.05, 3.63) is 99.0 Å². The van der Waals surface area contributed by atoms with Crippen LogP contribution in [-0.2, 0) is 24.4 Å². The van der Waals surface area contributed by atoms with Crippen LogP contribution in [0.15, 0.2) is 76.6 Å². The van der Waals surface area contributed by atoms with Crippen molar-refractivity contribution in [1.29, 1.82) is 0 Å². The highest BCUT2D eigenvalue weighted by Gasteiger charge is 2.26. The molecule has 1 amide bonds. The van der Waals surface area contributed by atoms with E-state index in [1.54, 1.807) is 15.8 Å². The number of rotatable bonds is 7. The Bertz CT molecular complexity index is 1470. The van der Waals surface area contributed by atoms with Gasteiger partial charge in [0.15, 0.2) is 11.2 Å². The van der Waals surface area contributed by atoms with Crippen molar-refractivity contribution in [2.45, 2.75) is 32.5 Å². The normalized spacial score (nSPS) is 15.9. The molecule has 2 aromatic heterocycles. The van der Waals surface area contributed by atoms with Crippen LogP contribution < -0.4 is 11.2 Å². The van der Waals surface area contributed by atoms with Gasteiger partial charge in [0.05, 0.1) is 12.9 Å². The molecule has 1 unspecified atom stereocenters. The lowest BCUT2D eigenvalue weighted by Crippen LogP contribution is -2.47. The first-order valence-corrected chi connectivity index (χ1v) is 12.2. The van der Waals surface area contributed by atoms with E-state index in [2.05, 4.69) is 4.98 Å². The first-order valence-electron chi connectivity index (χ1n) is 12.2. The van der Waals surface area contributed by atoms with Crippen molar-refractivity contribution in [3.8, 4) is 0 Å². The third-order valence-electron chi connectivity index (χ3n) is 6.79. The number of carbonyl (C=O) groups excluding carboxylic acids is 1. The van der Waals surface area contributed by atoms with Gasteiger partial charge in [0.25, 0.3) is 5.56 Å². The van der Waals surface area contributed by atoms with E-state index in [-0.39, 0.29) is 37.0 Å². The van der Waals surface area contributed by atoms with Gasteiger partial charge in [-0.3, -0.25) is 14.2 Å². The van der Waals surface area contributed by atoms with Crippen LogP contribution in [0.2, 0.25) is 0 Å². The number of hydrogen-bond donors (Lipinski definition) is 1. The lowest BCUT2D eigenvalue weighted by molar-refractivity contribution is -0.134. The highest BCUT2D eigenvalue weighted by Crippen LogP contribution is 2.16. The molecule has 3 heterocycles. The van der Waals surface area contributed by atoms with Gasteiger partial charge in [0.1, 0.15) is 6.54 Å². The number of aliphatic hydroxyl groups excluding tert-OH is 1. The van der Waals surface area contributed by atoms with Crippen molar-refractivity contribution in [1.82, 2.24) is 23.6 Å². The summed E-state index contributed by atoms with van der Waals surface area (Å²) < 4.78 is 4.23. The predicted octanol–water partition coefficient (Wildman–Crippen LogP) is 1.69. The fourth-order valence-corrected chi connectivity index (χ4v) is 4.86. The van der Waals surface area contributed by atoms with Gasteiger partial charge in [-0.15, -0.1) is 0 Å². The van der Waals surface area contributed by atoms with E-state index in [1.807, 2.05) is 60.7 Å². The van der Waals surface area contributed by atoms with Gasteiger partial charge in [-0.05, 0) is 29.9 Å². The third kappa shape index (κ3) is 4.74. The Morgan fingerprint density at radius 2 is 1.61 bits per heavy atom. The number of nitrogens with zero attached hydrogens (tertiary/aromatic N) is 5. The summed E-state index contributed by atoms with van der Waals surface area (Å²) in [5, 5.41) is 9.54. The molecule has 0 saturated carbocycles. The fraction of sp³-hybridized carbons (Fsp3) is 0.333. The molecule has 9 nitrogen and oxygen atoms in total. The van der Waals surface area contributed by atoms with E-state index in [4.69, 9.17) is 0 Å². The zero-order chi connectivity index (χ0) is 25.1. The molecule has 9 heteroatoms. The minimum Gasteiger partial charge on any atom is -0.396 e. The van der Waals surface area contributed by atoms with Crippen molar-refractivity contribution < 1.29 is 9.90 Å². The summed E-state index contributed by atoms with van der Waals surface area (Å²) in [7, 11) is 0. The molecule has 0 spiro atoms. The van der Waals surface area contributed by atoms with Crippen LogP contribution >= 0.6 is 0 Å². The van der Waals surface area contributed by atoms with E-state index in [1.165, 1.54) is 4.57 Å². The molecule has 2 aromatic carbocycles. The summed E-state index contributed by atoms with van der Waals surface area (Å²) in [6.45, 7) is 1.28. The highest BCUT2D eigenvalue weighted by atomic mass is 16.3. The maximum Gasteiger partial charge on any atom is 0.333 e. The number of amides is 1. The van der Waals surface area contributed by atoms with E-state index < -0.39 is 11.2 Å². The van der Waals surface area contributed by atoms with Crippen molar-refractivity contribution in [2.24, 2.45) is 5.92 Å². The van der Waals surface area contributed by atoms with Gasteiger partial charge in [0, 0.05) is 26.2 Å². The summed E-state index contributed by atoms with van der Waals surface area (Å²) in [6.07, 6.45) is 3.21. The second kappa shape index (κ2) is 10.3. The fourth-order valence-electron chi connectivity index (χ4n) is 4.86. The molecule has 1 aliphatic heterocycles. The molecule has 4 aromatic rings. The van der Waals surface area contributed by atoms with E-state index in [0.717, 1.165) is 28.5 Å². The Hall–Kier alpha value is -3.98. The number of aliphatic hydroxyl groups is 1. The minimum absolute atomic E-state index is 0.0121. The van der Waals surface area contributed by atoms with Crippen molar-refractivity contribution in [2.75, 3.05) is 19.7 Å². The predicted molar refractivity (Wildman–Crippen MR) is 136 cm³/mol. The molecule has 36 heavy (non-hydrogen) atoms. The van der Waals surface area contributed by atoms with Gasteiger partial charge < -0.3 is 14.6 Å². The maximum absolute atomic E-state index is 13.6. The molecule has 0 radical (unpaired) electrons. The van der Waals surface area contributed by atoms with Crippen LogP contribution in [0.25, 0.3) is 11.2 Å². The summed E-state index contributed by atoms with van der Waals surface area (Å²) in [5.74, 6) is -0.281. The van der Waals surface area contributed by atoms with Crippen LogP contribution in [0, 0.1) is 5.92 Å². The topological polar surface area (TPSA) is 102 Å². The summed E-state index contributed by atoms with van der Waals surface area (Å²) in [6, 6.07) is 19.2. The molecule has 186 valence electrons. The zero-order valence-corrected chi connectivity index (χ0v) is 20.0. The smallest absolute Gasteiger partial charge is 0.333 e. The van der Waals surface area contributed by atoms with Gasteiger partial charge in [0.2, 0.25) is 5.91 Å². The van der Waals surface area contributed by atoms with Crippen LogP contribution in [0.1, 0.15) is 24.0 Å². The SMILES string of the molecule is O=C(Cn1c(=O)c2c(ncn2Cc2ccccc2)n(Cc2ccccc2)c1=O)N1CCCC(CO)C1. The largest absolute Gasteiger partial charge is 0.396 e. The maximum atomic E-state index is 13.6. The number of carbonyl (C=O) groups is 1. The van der Waals surface area contributed by atoms with Crippen LogP contribution in [-0.4, -0.2) is 54.3 Å². The Morgan fingerprint density at radius 1 is 0.944 bits per heavy atom. The molecule has 0 bridgehead atoms. The zero-order valence-electron chi connectivity index (χ0n) is 20.0.